The minimum absolute atomic E-state index is 0.922. The van der Waals surface area contributed by atoms with Crippen molar-refractivity contribution in [2.75, 3.05) is 39.0 Å². The van der Waals surface area contributed by atoms with Gasteiger partial charge in [0.25, 0.3) is 0 Å². The highest BCUT2D eigenvalue weighted by Crippen LogP contribution is 2.19. The molecular weight excluding hydrogens is 216 g/mol. The van der Waals surface area contributed by atoms with E-state index in [4.69, 9.17) is 0 Å². The lowest BCUT2D eigenvalue weighted by Crippen LogP contribution is -2.30. The SMILES string of the molecule is CCCCCN(C)CCSC1CCNCC1. The van der Waals surface area contributed by atoms with Crippen molar-refractivity contribution in [3.8, 4) is 0 Å². The summed E-state index contributed by atoms with van der Waals surface area (Å²) in [5.74, 6) is 1.31. The van der Waals surface area contributed by atoms with Crippen LogP contribution in [-0.4, -0.2) is 49.1 Å². The Hall–Kier alpha value is 0.270. The molecule has 0 aromatic heterocycles. The summed E-state index contributed by atoms with van der Waals surface area (Å²) in [4.78, 5) is 2.49. The Kier molecular flexibility index (Phi) is 8.34. The highest BCUT2D eigenvalue weighted by atomic mass is 32.2. The molecule has 0 atom stereocenters. The zero-order valence-electron chi connectivity index (χ0n) is 11.0. The van der Waals surface area contributed by atoms with Gasteiger partial charge in [-0.1, -0.05) is 19.8 Å². The van der Waals surface area contributed by atoms with Gasteiger partial charge in [0.1, 0.15) is 0 Å². The molecule has 0 bridgehead atoms. The molecule has 0 spiro atoms. The minimum atomic E-state index is 0.922. The number of piperidine rings is 1. The predicted octanol–water partition coefficient (Wildman–Crippen LogP) is 2.59. The van der Waals surface area contributed by atoms with Crippen molar-refractivity contribution in [1.29, 1.82) is 0 Å². The van der Waals surface area contributed by atoms with Gasteiger partial charge in [-0.3, -0.25) is 0 Å². The van der Waals surface area contributed by atoms with E-state index in [2.05, 4.69) is 35.9 Å². The second kappa shape index (κ2) is 9.32. The molecule has 0 amide bonds. The van der Waals surface area contributed by atoms with Gasteiger partial charge in [0.05, 0.1) is 0 Å². The fourth-order valence-corrected chi connectivity index (χ4v) is 3.40. The summed E-state index contributed by atoms with van der Waals surface area (Å²) < 4.78 is 0. The molecule has 1 aliphatic heterocycles. The van der Waals surface area contributed by atoms with Gasteiger partial charge in [0.2, 0.25) is 0 Å². The second-order valence-electron chi connectivity index (χ2n) is 4.83. The summed E-state index contributed by atoms with van der Waals surface area (Å²) in [5, 5.41) is 4.35. The number of hydrogen-bond acceptors (Lipinski definition) is 3. The fourth-order valence-electron chi connectivity index (χ4n) is 2.08. The number of unbranched alkanes of at least 4 members (excludes halogenated alkanes) is 2. The zero-order valence-corrected chi connectivity index (χ0v) is 11.8. The average Bonchev–Trinajstić information content (AvgIpc) is 2.31. The number of rotatable bonds is 8. The van der Waals surface area contributed by atoms with Crippen LogP contribution < -0.4 is 5.32 Å². The molecule has 1 fully saturated rings. The quantitative estimate of drug-likeness (QED) is 0.661. The van der Waals surface area contributed by atoms with Crippen molar-refractivity contribution in [3.05, 3.63) is 0 Å². The molecular formula is C13H28N2S. The first kappa shape index (κ1) is 14.3. The molecule has 1 N–H and O–H groups in total. The maximum atomic E-state index is 3.42. The van der Waals surface area contributed by atoms with Crippen molar-refractivity contribution >= 4 is 11.8 Å². The van der Waals surface area contributed by atoms with Crippen LogP contribution in [-0.2, 0) is 0 Å². The van der Waals surface area contributed by atoms with E-state index >= 15 is 0 Å². The molecule has 0 radical (unpaired) electrons. The van der Waals surface area contributed by atoms with Crippen LogP contribution in [0.15, 0.2) is 0 Å². The Labute approximate surface area is 106 Å². The van der Waals surface area contributed by atoms with Crippen LogP contribution in [0.1, 0.15) is 39.0 Å². The van der Waals surface area contributed by atoms with Crippen LogP contribution in [0.25, 0.3) is 0 Å². The van der Waals surface area contributed by atoms with Crippen LogP contribution in [0.5, 0.6) is 0 Å². The standard InChI is InChI=1S/C13H28N2S/c1-3-4-5-10-15(2)11-12-16-13-6-8-14-9-7-13/h13-14H,3-12H2,1-2H3. The molecule has 1 rings (SSSR count). The first-order valence-corrected chi connectivity index (χ1v) is 7.88. The van der Waals surface area contributed by atoms with Gasteiger partial charge in [-0.2, -0.15) is 11.8 Å². The molecule has 0 aliphatic carbocycles. The molecule has 0 saturated carbocycles. The second-order valence-corrected chi connectivity index (χ2v) is 6.24. The Morgan fingerprint density at radius 1 is 1.19 bits per heavy atom. The summed E-state index contributed by atoms with van der Waals surface area (Å²) in [6.07, 6.45) is 6.81. The van der Waals surface area contributed by atoms with Crippen LogP contribution in [0, 0.1) is 0 Å². The van der Waals surface area contributed by atoms with Crippen LogP contribution in [0.4, 0.5) is 0 Å². The largest absolute Gasteiger partial charge is 0.317 e. The van der Waals surface area contributed by atoms with E-state index in [1.807, 2.05) is 0 Å². The molecule has 0 aromatic carbocycles. The smallest absolute Gasteiger partial charge is 0.00716 e. The van der Waals surface area contributed by atoms with Gasteiger partial charge in [0.15, 0.2) is 0 Å². The van der Waals surface area contributed by atoms with E-state index in [9.17, 15) is 0 Å². The molecule has 0 aromatic rings. The number of nitrogens with one attached hydrogen (secondary N) is 1. The highest BCUT2D eigenvalue weighted by Gasteiger charge is 2.12. The van der Waals surface area contributed by atoms with Crippen molar-refractivity contribution in [2.45, 2.75) is 44.3 Å². The zero-order chi connectivity index (χ0) is 11.6. The predicted molar refractivity (Wildman–Crippen MR) is 75.4 cm³/mol. The summed E-state index contributed by atoms with van der Waals surface area (Å²) in [6.45, 7) is 7.26. The molecule has 1 aliphatic rings. The first-order valence-electron chi connectivity index (χ1n) is 6.83. The molecule has 0 unspecified atom stereocenters. The molecule has 1 saturated heterocycles. The normalized spacial score (nSPS) is 18.2. The fraction of sp³-hybridized carbons (Fsp3) is 1.00. The van der Waals surface area contributed by atoms with Gasteiger partial charge in [-0.15, -0.1) is 0 Å². The van der Waals surface area contributed by atoms with E-state index in [1.54, 1.807) is 0 Å². The lowest BCUT2D eigenvalue weighted by Gasteiger charge is -2.23. The molecule has 3 heteroatoms. The van der Waals surface area contributed by atoms with Crippen molar-refractivity contribution < 1.29 is 0 Å². The number of nitrogens with zero attached hydrogens (tertiary/aromatic N) is 1. The first-order chi connectivity index (χ1) is 7.83. The van der Waals surface area contributed by atoms with Crippen LogP contribution in [0.3, 0.4) is 0 Å². The van der Waals surface area contributed by atoms with Crippen LogP contribution >= 0.6 is 11.8 Å². The molecule has 96 valence electrons. The van der Waals surface area contributed by atoms with Gasteiger partial charge in [-0.25, -0.2) is 0 Å². The Bertz CT molecular complexity index is 158. The summed E-state index contributed by atoms with van der Waals surface area (Å²) in [5.41, 5.74) is 0. The third-order valence-corrected chi connectivity index (χ3v) is 4.62. The van der Waals surface area contributed by atoms with E-state index in [0.29, 0.717) is 0 Å². The number of hydrogen-bond donors (Lipinski definition) is 1. The average molecular weight is 244 g/mol. The van der Waals surface area contributed by atoms with Crippen molar-refractivity contribution in [1.82, 2.24) is 10.2 Å². The third-order valence-electron chi connectivity index (χ3n) is 3.26. The van der Waals surface area contributed by atoms with Crippen molar-refractivity contribution in [3.63, 3.8) is 0 Å². The van der Waals surface area contributed by atoms with Gasteiger partial charge in [0, 0.05) is 17.5 Å². The summed E-state index contributed by atoms with van der Waals surface area (Å²) >= 11 is 2.18. The Morgan fingerprint density at radius 3 is 2.62 bits per heavy atom. The molecule has 1 heterocycles. The van der Waals surface area contributed by atoms with E-state index in [-0.39, 0.29) is 0 Å². The Balaban J connectivity index is 1.92. The maximum absolute atomic E-state index is 3.42. The van der Waals surface area contributed by atoms with Crippen molar-refractivity contribution in [2.24, 2.45) is 0 Å². The lowest BCUT2D eigenvalue weighted by molar-refractivity contribution is 0.345. The molecule has 16 heavy (non-hydrogen) atoms. The van der Waals surface area contributed by atoms with Gasteiger partial charge >= 0.3 is 0 Å². The third kappa shape index (κ3) is 6.77. The van der Waals surface area contributed by atoms with E-state index in [0.717, 1.165) is 5.25 Å². The van der Waals surface area contributed by atoms with E-state index in [1.165, 1.54) is 64.0 Å². The van der Waals surface area contributed by atoms with Crippen LogP contribution in [0.2, 0.25) is 0 Å². The lowest BCUT2D eigenvalue weighted by atomic mass is 10.2. The number of thioether (sulfide) groups is 1. The monoisotopic (exact) mass is 244 g/mol. The minimum Gasteiger partial charge on any atom is -0.317 e. The highest BCUT2D eigenvalue weighted by molar-refractivity contribution is 7.99. The van der Waals surface area contributed by atoms with Gasteiger partial charge < -0.3 is 10.2 Å². The van der Waals surface area contributed by atoms with Gasteiger partial charge in [-0.05, 0) is 45.9 Å². The maximum Gasteiger partial charge on any atom is 0.00716 e. The summed E-state index contributed by atoms with van der Waals surface area (Å²) in [6, 6.07) is 0. The summed E-state index contributed by atoms with van der Waals surface area (Å²) in [7, 11) is 2.26. The molecule has 2 nitrogen and oxygen atoms in total. The Morgan fingerprint density at radius 2 is 1.94 bits per heavy atom. The topological polar surface area (TPSA) is 15.3 Å². The van der Waals surface area contributed by atoms with E-state index < -0.39 is 0 Å².